The third-order valence-corrected chi connectivity index (χ3v) is 3.29. The molecule has 0 aliphatic rings. The highest BCUT2D eigenvalue weighted by molar-refractivity contribution is 5.76. The smallest absolute Gasteiger partial charge is 0.221 e. The molecular formula is C16H26N2O3. The highest BCUT2D eigenvalue weighted by Gasteiger charge is 2.08. The Labute approximate surface area is 126 Å². The zero-order valence-corrected chi connectivity index (χ0v) is 13.1. The van der Waals surface area contributed by atoms with Crippen molar-refractivity contribution in [2.45, 2.75) is 38.6 Å². The predicted molar refractivity (Wildman–Crippen MR) is 83.8 cm³/mol. The molecule has 0 aliphatic carbocycles. The van der Waals surface area contributed by atoms with E-state index < -0.39 is 0 Å². The van der Waals surface area contributed by atoms with Crippen LogP contribution in [0.3, 0.4) is 0 Å². The number of rotatable bonds is 9. The fraction of sp³-hybridized carbons (Fsp3) is 0.562. The Morgan fingerprint density at radius 2 is 2.00 bits per heavy atom. The summed E-state index contributed by atoms with van der Waals surface area (Å²) in [6.07, 6.45) is 3.01. The van der Waals surface area contributed by atoms with Crippen molar-refractivity contribution in [3.8, 4) is 11.5 Å². The van der Waals surface area contributed by atoms with Crippen molar-refractivity contribution in [1.82, 2.24) is 5.32 Å². The molecule has 0 bridgehead atoms. The number of hydrogen-bond acceptors (Lipinski definition) is 4. The largest absolute Gasteiger partial charge is 0.493 e. The van der Waals surface area contributed by atoms with E-state index in [-0.39, 0.29) is 11.9 Å². The van der Waals surface area contributed by atoms with Crippen LogP contribution in [0.5, 0.6) is 11.5 Å². The Morgan fingerprint density at radius 3 is 2.62 bits per heavy atom. The first-order valence-corrected chi connectivity index (χ1v) is 7.33. The molecule has 3 N–H and O–H groups in total. The highest BCUT2D eigenvalue weighted by Crippen LogP contribution is 2.27. The second-order valence-electron chi connectivity index (χ2n) is 5.04. The molecule has 0 aliphatic heterocycles. The predicted octanol–water partition coefficient (Wildman–Crippen LogP) is 1.88. The van der Waals surface area contributed by atoms with E-state index >= 15 is 0 Å². The molecule has 5 heteroatoms. The summed E-state index contributed by atoms with van der Waals surface area (Å²) < 4.78 is 10.4. The molecule has 1 aromatic rings. The zero-order valence-electron chi connectivity index (χ0n) is 13.1. The maximum Gasteiger partial charge on any atom is 0.221 e. The number of benzene rings is 1. The van der Waals surface area contributed by atoms with Gasteiger partial charge in [-0.1, -0.05) is 19.4 Å². The van der Waals surface area contributed by atoms with Crippen LogP contribution >= 0.6 is 0 Å². The minimum absolute atomic E-state index is 0.0106. The summed E-state index contributed by atoms with van der Waals surface area (Å²) in [5, 5.41) is 2.90. The molecule has 0 radical (unpaired) electrons. The van der Waals surface area contributed by atoms with Crippen molar-refractivity contribution in [2.75, 3.05) is 20.8 Å². The van der Waals surface area contributed by atoms with Crippen molar-refractivity contribution in [1.29, 1.82) is 0 Å². The molecule has 0 saturated carbocycles. The minimum Gasteiger partial charge on any atom is -0.493 e. The van der Waals surface area contributed by atoms with Crippen LogP contribution in [0.2, 0.25) is 0 Å². The molecule has 0 heterocycles. The number of hydrogen-bond donors (Lipinski definition) is 2. The van der Waals surface area contributed by atoms with E-state index in [0.29, 0.717) is 24.5 Å². The Morgan fingerprint density at radius 1 is 1.29 bits per heavy atom. The lowest BCUT2D eigenvalue weighted by Gasteiger charge is -2.12. The quantitative estimate of drug-likeness (QED) is 0.729. The maximum atomic E-state index is 11.7. The Hall–Kier alpha value is -1.75. The topological polar surface area (TPSA) is 73.6 Å². The van der Waals surface area contributed by atoms with Gasteiger partial charge in [0.05, 0.1) is 14.2 Å². The van der Waals surface area contributed by atoms with Crippen LogP contribution in [0, 0.1) is 0 Å². The molecular weight excluding hydrogens is 268 g/mol. The van der Waals surface area contributed by atoms with Crippen LogP contribution in [0.4, 0.5) is 0 Å². The summed E-state index contributed by atoms with van der Waals surface area (Å²) in [6.45, 7) is 2.65. The molecule has 1 aromatic carbocycles. The van der Waals surface area contributed by atoms with Gasteiger partial charge in [0.1, 0.15) is 0 Å². The SMILES string of the molecule is CCCC(N)CC(=O)NCCc1ccc(OC)c(OC)c1. The molecule has 0 fully saturated rings. The van der Waals surface area contributed by atoms with Gasteiger partial charge in [0.2, 0.25) is 5.91 Å². The van der Waals surface area contributed by atoms with Crippen molar-refractivity contribution in [3.63, 3.8) is 0 Å². The van der Waals surface area contributed by atoms with Gasteiger partial charge in [0.15, 0.2) is 11.5 Å². The molecule has 118 valence electrons. The second kappa shape index (κ2) is 9.23. The number of nitrogens with two attached hydrogens (primary N) is 1. The van der Waals surface area contributed by atoms with Gasteiger partial charge in [0.25, 0.3) is 0 Å². The summed E-state index contributed by atoms with van der Waals surface area (Å²) in [7, 11) is 3.22. The maximum absolute atomic E-state index is 11.7. The zero-order chi connectivity index (χ0) is 15.7. The van der Waals surface area contributed by atoms with E-state index in [2.05, 4.69) is 12.2 Å². The lowest BCUT2D eigenvalue weighted by molar-refractivity contribution is -0.121. The lowest BCUT2D eigenvalue weighted by Crippen LogP contribution is -2.32. The van der Waals surface area contributed by atoms with E-state index in [1.54, 1.807) is 14.2 Å². The van der Waals surface area contributed by atoms with Crippen molar-refractivity contribution in [2.24, 2.45) is 5.73 Å². The first kappa shape index (κ1) is 17.3. The summed E-state index contributed by atoms with van der Waals surface area (Å²) in [5.41, 5.74) is 6.94. The Bertz CT molecular complexity index is 449. The van der Waals surface area contributed by atoms with Gasteiger partial charge in [-0.15, -0.1) is 0 Å². The standard InChI is InChI=1S/C16H26N2O3/c1-4-5-13(17)11-16(19)18-9-8-12-6-7-14(20-2)15(10-12)21-3/h6-7,10,13H,4-5,8-9,11,17H2,1-3H3,(H,18,19). The minimum atomic E-state index is -0.0453. The van der Waals surface area contributed by atoms with Crippen LogP contribution in [0.1, 0.15) is 31.7 Å². The van der Waals surface area contributed by atoms with E-state index in [9.17, 15) is 4.79 Å². The van der Waals surface area contributed by atoms with E-state index in [0.717, 1.165) is 24.8 Å². The van der Waals surface area contributed by atoms with Gasteiger partial charge in [-0.05, 0) is 30.5 Å². The summed E-state index contributed by atoms with van der Waals surface area (Å²) >= 11 is 0. The van der Waals surface area contributed by atoms with Gasteiger partial charge >= 0.3 is 0 Å². The second-order valence-corrected chi connectivity index (χ2v) is 5.04. The van der Waals surface area contributed by atoms with Gasteiger partial charge in [-0.3, -0.25) is 4.79 Å². The van der Waals surface area contributed by atoms with Crippen molar-refractivity contribution >= 4 is 5.91 Å². The average Bonchev–Trinajstić information content (AvgIpc) is 2.47. The fourth-order valence-corrected chi connectivity index (χ4v) is 2.17. The molecule has 0 aromatic heterocycles. The van der Waals surface area contributed by atoms with Crippen molar-refractivity contribution < 1.29 is 14.3 Å². The Kier molecular flexibility index (Phi) is 7.61. The molecule has 21 heavy (non-hydrogen) atoms. The van der Waals surface area contributed by atoms with Crippen molar-refractivity contribution in [3.05, 3.63) is 23.8 Å². The lowest BCUT2D eigenvalue weighted by atomic mass is 10.1. The van der Waals surface area contributed by atoms with E-state index in [1.165, 1.54) is 0 Å². The number of nitrogens with one attached hydrogen (secondary N) is 1. The number of methoxy groups -OCH3 is 2. The highest BCUT2D eigenvalue weighted by atomic mass is 16.5. The summed E-state index contributed by atoms with van der Waals surface area (Å²) in [5.74, 6) is 1.42. The fourth-order valence-electron chi connectivity index (χ4n) is 2.17. The van der Waals surface area contributed by atoms with Crippen LogP contribution in [0.25, 0.3) is 0 Å². The monoisotopic (exact) mass is 294 g/mol. The van der Waals surface area contributed by atoms with Crippen LogP contribution in [-0.2, 0) is 11.2 Å². The molecule has 1 atom stereocenters. The van der Waals surface area contributed by atoms with Gasteiger partial charge in [-0.25, -0.2) is 0 Å². The number of carbonyl (C=O) groups excluding carboxylic acids is 1. The third-order valence-electron chi connectivity index (χ3n) is 3.29. The molecule has 1 rings (SSSR count). The van der Waals surface area contributed by atoms with Crippen LogP contribution < -0.4 is 20.5 Å². The number of carbonyl (C=O) groups is 1. The molecule has 0 spiro atoms. The summed E-state index contributed by atoms with van der Waals surface area (Å²) in [4.78, 5) is 11.7. The van der Waals surface area contributed by atoms with Gasteiger partial charge < -0.3 is 20.5 Å². The molecule has 1 unspecified atom stereocenters. The van der Waals surface area contributed by atoms with E-state index in [4.69, 9.17) is 15.2 Å². The molecule has 1 amide bonds. The van der Waals surface area contributed by atoms with E-state index in [1.807, 2.05) is 18.2 Å². The average molecular weight is 294 g/mol. The van der Waals surface area contributed by atoms with Crippen LogP contribution in [-0.4, -0.2) is 32.7 Å². The Balaban J connectivity index is 2.40. The number of amides is 1. The first-order valence-electron chi connectivity index (χ1n) is 7.33. The van der Waals surface area contributed by atoms with Gasteiger partial charge in [-0.2, -0.15) is 0 Å². The van der Waals surface area contributed by atoms with Gasteiger partial charge in [0, 0.05) is 19.0 Å². The number of ether oxygens (including phenoxy) is 2. The van der Waals surface area contributed by atoms with Crippen LogP contribution in [0.15, 0.2) is 18.2 Å². The molecule has 0 saturated heterocycles. The normalized spacial score (nSPS) is 11.8. The molecule has 5 nitrogen and oxygen atoms in total. The first-order chi connectivity index (χ1) is 10.1. The summed E-state index contributed by atoms with van der Waals surface area (Å²) in [6, 6.07) is 5.72. The third kappa shape index (κ3) is 6.04.